The van der Waals surface area contributed by atoms with Gasteiger partial charge in [-0.3, -0.25) is 0 Å². The highest BCUT2D eigenvalue weighted by molar-refractivity contribution is 5.45. The number of benzene rings is 1. The number of methoxy groups -OCH3 is 2. The average Bonchev–Trinajstić information content (AvgIpc) is 2.78. The van der Waals surface area contributed by atoms with Crippen LogP contribution in [0.4, 0.5) is 0 Å². The molecule has 0 unspecified atom stereocenters. The largest absolute Gasteiger partial charge is 0.504 e. The zero-order valence-corrected chi connectivity index (χ0v) is 18.8. The third-order valence-corrected chi connectivity index (χ3v) is 5.10. The summed E-state index contributed by atoms with van der Waals surface area (Å²) in [5.74, 6) is 1.36. The molecule has 30 heavy (non-hydrogen) atoms. The number of nitrogens with two attached hydrogens (primary N) is 1. The Labute approximate surface area is 181 Å². The molecule has 0 heterocycles. The summed E-state index contributed by atoms with van der Waals surface area (Å²) in [7, 11) is 3.09. The maximum Gasteiger partial charge on any atom is 0.162 e. The molecule has 0 saturated heterocycles. The summed E-state index contributed by atoms with van der Waals surface area (Å²) in [6.45, 7) is 4.82. The fourth-order valence-electron chi connectivity index (χ4n) is 3.39. The topological polar surface area (TPSA) is 97.0 Å². The van der Waals surface area contributed by atoms with E-state index in [1.54, 1.807) is 31.4 Å². The van der Waals surface area contributed by atoms with Gasteiger partial charge in [0.05, 0.1) is 14.2 Å². The van der Waals surface area contributed by atoms with Crippen LogP contribution >= 0.6 is 0 Å². The second-order valence-corrected chi connectivity index (χ2v) is 7.12. The van der Waals surface area contributed by atoms with Gasteiger partial charge in [0.15, 0.2) is 23.0 Å². The molecule has 0 amide bonds. The summed E-state index contributed by atoms with van der Waals surface area (Å²) < 4.78 is 10.1. The Bertz CT molecular complexity index is 698. The van der Waals surface area contributed by atoms with E-state index in [9.17, 15) is 10.2 Å². The number of hydrogen-bond donors (Lipinski definition) is 4. The van der Waals surface area contributed by atoms with Gasteiger partial charge in [0, 0.05) is 30.3 Å². The molecule has 2 rings (SSSR count). The van der Waals surface area contributed by atoms with E-state index in [-0.39, 0.29) is 11.5 Å². The Morgan fingerprint density at radius 1 is 1.20 bits per heavy atom. The lowest BCUT2D eigenvalue weighted by atomic mass is 9.95. The van der Waals surface area contributed by atoms with Crippen LogP contribution in [0.3, 0.4) is 0 Å². The monoisotopic (exact) mass is 418 g/mol. The highest BCUT2D eigenvalue weighted by atomic mass is 16.5. The van der Waals surface area contributed by atoms with Gasteiger partial charge in [-0.25, -0.2) is 0 Å². The molecule has 1 aromatic carbocycles. The average molecular weight is 419 g/mol. The minimum absolute atomic E-state index is 0.137. The maximum atomic E-state index is 10.2. The quantitative estimate of drug-likeness (QED) is 0.361. The molecular formula is C24H38N2O4. The molecule has 0 radical (unpaired) electrons. The number of aromatic hydroxyl groups is 1. The van der Waals surface area contributed by atoms with Crippen LogP contribution in [0.15, 0.2) is 53.5 Å². The molecule has 0 aromatic heterocycles. The smallest absolute Gasteiger partial charge is 0.162 e. The van der Waals surface area contributed by atoms with Crippen LogP contribution in [0.2, 0.25) is 0 Å². The van der Waals surface area contributed by atoms with E-state index in [1.807, 2.05) is 26.0 Å². The molecule has 1 aliphatic rings. The van der Waals surface area contributed by atoms with Crippen molar-refractivity contribution in [1.82, 2.24) is 5.32 Å². The molecule has 1 aromatic rings. The third kappa shape index (κ3) is 8.13. The third-order valence-electron chi connectivity index (χ3n) is 5.10. The molecule has 1 aliphatic carbocycles. The summed E-state index contributed by atoms with van der Waals surface area (Å²) in [6, 6.07) is 5.83. The van der Waals surface area contributed by atoms with Crippen molar-refractivity contribution in [2.75, 3.05) is 20.8 Å². The highest BCUT2D eigenvalue weighted by Crippen LogP contribution is 2.28. The molecule has 0 bridgehead atoms. The van der Waals surface area contributed by atoms with Crippen molar-refractivity contribution >= 4 is 0 Å². The van der Waals surface area contributed by atoms with Gasteiger partial charge in [0.1, 0.15) is 0 Å². The number of phenolic OH excluding ortho intramolecular Hbond substituents is 1. The predicted molar refractivity (Wildman–Crippen MR) is 123 cm³/mol. The fraction of sp³-hybridized carbons (Fsp3) is 0.500. The van der Waals surface area contributed by atoms with E-state index in [4.69, 9.17) is 15.2 Å². The van der Waals surface area contributed by atoms with Crippen LogP contribution in [0, 0.1) is 0 Å². The molecule has 6 nitrogen and oxygen atoms in total. The highest BCUT2D eigenvalue weighted by Gasteiger charge is 2.14. The molecular weight excluding hydrogens is 380 g/mol. The van der Waals surface area contributed by atoms with Crippen LogP contribution in [-0.4, -0.2) is 37.0 Å². The number of aliphatic hydroxyl groups excluding tert-OH is 1. The van der Waals surface area contributed by atoms with Gasteiger partial charge in [-0.1, -0.05) is 43.5 Å². The number of phenols is 1. The zero-order valence-electron chi connectivity index (χ0n) is 18.8. The second-order valence-electron chi connectivity index (χ2n) is 7.12. The fourth-order valence-corrected chi connectivity index (χ4v) is 3.39. The van der Waals surface area contributed by atoms with Gasteiger partial charge >= 0.3 is 0 Å². The molecule has 168 valence electrons. The van der Waals surface area contributed by atoms with Crippen molar-refractivity contribution in [3.63, 3.8) is 0 Å². The first-order valence-corrected chi connectivity index (χ1v) is 10.6. The van der Waals surface area contributed by atoms with Gasteiger partial charge in [0.25, 0.3) is 0 Å². The molecule has 5 N–H and O–H groups in total. The van der Waals surface area contributed by atoms with Gasteiger partial charge in [-0.2, -0.15) is 0 Å². The first-order valence-electron chi connectivity index (χ1n) is 10.6. The molecule has 0 spiro atoms. The van der Waals surface area contributed by atoms with Crippen LogP contribution in [-0.2, 0) is 11.3 Å². The Balaban J connectivity index is 0.000000346. The first-order chi connectivity index (χ1) is 14.5. The number of allylic oxidation sites excluding steroid dienone is 2. The van der Waals surface area contributed by atoms with Crippen molar-refractivity contribution in [1.29, 1.82) is 0 Å². The first kappa shape index (κ1) is 25.6. The molecule has 1 saturated carbocycles. The minimum atomic E-state index is 0.137. The zero-order chi connectivity index (χ0) is 22.4. The molecule has 0 aliphatic heterocycles. The Morgan fingerprint density at radius 3 is 2.43 bits per heavy atom. The van der Waals surface area contributed by atoms with Crippen molar-refractivity contribution in [3.05, 3.63) is 59.1 Å². The number of para-hydroxylation sites is 1. The van der Waals surface area contributed by atoms with Gasteiger partial charge in [0.2, 0.25) is 0 Å². The summed E-state index contributed by atoms with van der Waals surface area (Å²) in [5, 5.41) is 23.1. The molecule has 1 fully saturated rings. The molecule has 0 atom stereocenters. The summed E-state index contributed by atoms with van der Waals surface area (Å²) in [4.78, 5) is 0. The summed E-state index contributed by atoms with van der Waals surface area (Å²) >= 11 is 0. The van der Waals surface area contributed by atoms with E-state index in [0.717, 1.165) is 5.57 Å². The number of rotatable bonds is 8. The maximum absolute atomic E-state index is 10.2. The number of ether oxygens (including phenoxy) is 2. The van der Waals surface area contributed by atoms with E-state index < -0.39 is 0 Å². The van der Waals surface area contributed by atoms with Crippen molar-refractivity contribution < 1.29 is 19.7 Å². The van der Waals surface area contributed by atoms with E-state index in [2.05, 4.69) is 5.32 Å². The van der Waals surface area contributed by atoms with E-state index in [1.165, 1.54) is 39.2 Å². The van der Waals surface area contributed by atoms with Crippen molar-refractivity contribution in [3.8, 4) is 11.5 Å². The van der Waals surface area contributed by atoms with E-state index in [0.29, 0.717) is 36.2 Å². The number of aliphatic hydroxyl groups is 1. The minimum Gasteiger partial charge on any atom is -0.504 e. The van der Waals surface area contributed by atoms with Gasteiger partial charge in [-0.15, -0.1) is 0 Å². The van der Waals surface area contributed by atoms with Crippen LogP contribution in [0.5, 0.6) is 11.5 Å². The Morgan fingerprint density at radius 2 is 1.90 bits per heavy atom. The van der Waals surface area contributed by atoms with Crippen molar-refractivity contribution in [2.24, 2.45) is 5.73 Å². The predicted octanol–water partition coefficient (Wildman–Crippen LogP) is 4.71. The standard InChI is InChI=1S/C16H27NO2.C8H11NO2/c1-4-9-13(16(18)15(5-2)19-3)12-17-14-10-7-6-8-11-14;1-11-7-4-2-3-6(5-9)8(7)10/h4-5,9,14,17-18H,6-8,10-12H2,1-3H3;2-4,10H,5,9H2,1H3/b9-4-,15-5+,16-13-;. The molecule has 6 heteroatoms. The lowest BCUT2D eigenvalue weighted by molar-refractivity contribution is 0.253. The Kier molecular flexibility index (Phi) is 12.4. The number of hydrogen-bond acceptors (Lipinski definition) is 6. The second kappa shape index (κ2) is 14.5. The SMILES string of the molecule is COc1cccc(CN)c1O.C\C=C/C(CNC1CCCCC1)=C(O)\C(=C/C)OC. The van der Waals surface area contributed by atoms with Gasteiger partial charge in [-0.05, 0) is 38.8 Å². The lowest BCUT2D eigenvalue weighted by Gasteiger charge is -2.23. The van der Waals surface area contributed by atoms with Crippen molar-refractivity contribution in [2.45, 2.75) is 58.5 Å². The Hall–Kier alpha value is -2.44. The summed E-state index contributed by atoms with van der Waals surface area (Å²) in [6.07, 6.45) is 12.1. The van der Waals surface area contributed by atoms with Crippen LogP contribution in [0.1, 0.15) is 51.5 Å². The number of nitrogens with one attached hydrogen (secondary N) is 1. The normalized spacial score (nSPS) is 16.0. The summed E-state index contributed by atoms with van der Waals surface area (Å²) in [5.41, 5.74) is 6.93. The van der Waals surface area contributed by atoms with Crippen LogP contribution < -0.4 is 15.8 Å². The van der Waals surface area contributed by atoms with Crippen LogP contribution in [0.25, 0.3) is 0 Å². The van der Waals surface area contributed by atoms with Gasteiger partial charge < -0.3 is 30.7 Å². The lowest BCUT2D eigenvalue weighted by Crippen LogP contribution is -2.32. The van der Waals surface area contributed by atoms with E-state index >= 15 is 0 Å².